The second-order valence-electron chi connectivity index (χ2n) is 4.11. The number of carbonyl (C=O) groups is 1. The summed E-state index contributed by atoms with van der Waals surface area (Å²) >= 11 is 0. The van der Waals surface area contributed by atoms with Crippen molar-refractivity contribution in [1.82, 2.24) is 4.98 Å². The molecular weight excluding hydrogens is 246 g/mol. The minimum Gasteiger partial charge on any atom is -0.464 e. The van der Waals surface area contributed by atoms with Gasteiger partial charge in [0, 0.05) is 20.3 Å². The Bertz CT molecular complexity index is 410. The fourth-order valence-corrected chi connectivity index (χ4v) is 1.58. The number of nitrogens with zero attached hydrogens (tertiary/aromatic N) is 1. The van der Waals surface area contributed by atoms with E-state index in [-0.39, 0.29) is 5.69 Å². The maximum Gasteiger partial charge on any atom is 0.356 e. The number of unbranched alkanes of at least 4 members (excludes halogenated alkanes) is 2. The third kappa shape index (κ3) is 5.13. The van der Waals surface area contributed by atoms with Gasteiger partial charge in [-0.3, -0.25) is 0 Å². The smallest absolute Gasteiger partial charge is 0.356 e. The quantitative estimate of drug-likeness (QED) is 0.550. The van der Waals surface area contributed by atoms with Crippen LogP contribution in [0.2, 0.25) is 0 Å². The van der Waals surface area contributed by atoms with Crippen molar-refractivity contribution in [1.29, 1.82) is 0 Å². The molecule has 0 unspecified atom stereocenters. The fourth-order valence-electron chi connectivity index (χ4n) is 1.58. The van der Waals surface area contributed by atoms with Gasteiger partial charge in [-0.25, -0.2) is 9.78 Å². The highest BCUT2D eigenvalue weighted by atomic mass is 16.5. The lowest BCUT2D eigenvalue weighted by Gasteiger charge is -2.09. The molecule has 1 aromatic heterocycles. The maximum absolute atomic E-state index is 11.4. The number of ether oxygens (including phenoxy) is 2. The number of nitrogens with one attached hydrogen (secondary N) is 1. The van der Waals surface area contributed by atoms with Crippen molar-refractivity contribution in [3.63, 3.8) is 0 Å². The molecule has 0 bridgehead atoms. The van der Waals surface area contributed by atoms with Crippen molar-refractivity contribution in [2.45, 2.75) is 19.3 Å². The summed E-state index contributed by atoms with van der Waals surface area (Å²) in [5, 5.41) is 3.12. The van der Waals surface area contributed by atoms with E-state index in [1.54, 1.807) is 19.2 Å². The van der Waals surface area contributed by atoms with E-state index < -0.39 is 5.97 Å². The van der Waals surface area contributed by atoms with Crippen LogP contribution >= 0.6 is 0 Å². The zero-order valence-corrected chi connectivity index (χ0v) is 11.4. The summed E-state index contributed by atoms with van der Waals surface area (Å²) in [7, 11) is 3.02. The Labute approximate surface area is 113 Å². The van der Waals surface area contributed by atoms with E-state index in [0.29, 0.717) is 11.5 Å². The number of methoxy groups -OCH3 is 2. The van der Waals surface area contributed by atoms with Crippen LogP contribution in [0.15, 0.2) is 12.1 Å². The first-order chi connectivity index (χ1) is 9.19. The highest BCUT2D eigenvalue weighted by molar-refractivity contribution is 5.88. The van der Waals surface area contributed by atoms with Gasteiger partial charge in [0.05, 0.1) is 12.8 Å². The summed E-state index contributed by atoms with van der Waals surface area (Å²) in [6, 6.07) is 3.19. The lowest BCUT2D eigenvalue weighted by atomic mass is 10.2. The summed E-state index contributed by atoms with van der Waals surface area (Å²) in [4.78, 5) is 15.5. The van der Waals surface area contributed by atoms with Crippen LogP contribution < -0.4 is 11.1 Å². The molecule has 3 N–H and O–H groups in total. The van der Waals surface area contributed by atoms with Gasteiger partial charge < -0.3 is 20.5 Å². The van der Waals surface area contributed by atoms with Crippen molar-refractivity contribution in [3.05, 3.63) is 17.8 Å². The van der Waals surface area contributed by atoms with Gasteiger partial charge in [0.15, 0.2) is 5.69 Å². The molecule has 106 valence electrons. The zero-order valence-electron chi connectivity index (χ0n) is 11.4. The van der Waals surface area contributed by atoms with Crippen LogP contribution in [0.25, 0.3) is 0 Å². The molecule has 0 aliphatic carbocycles. The molecule has 0 fully saturated rings. The molecule has 0 saturated carbocycles. The number of hydrogen-bond acceptors (Lipinski definition) is 6. The lowest BCUT2D eigenvalue weighted by Crippen LogP contribution is -2.11. The van der Waals surface area contributed by atoms with E-state index in [2.05, 4.69) is 15.0 Å². The van der Waals surface area contributed by atoms with Crippen LogP contribution in [0.5, 0.6) is 0 Å². The number of carbonyl (C=O) groups excluding carboxylic acids is 1. The van der Waals surface area contributed by atoms with Gasteiger partial charge in [0.2, 0.25) is 0 Å². The van der Waals surface area contributed by atoms with Crippen molar-refractivity contribution < 1.29 is 14.3 Å². The molecule has 0 spiro atoms. The predicted molar refractivity (Wildman–Crippen MR) is 74.2 cm³/mol. The Morgan fingerprint density at radius 2 is 2.11 bits per heavy atom. The standard InChI is InChI=1S/C13H21N3O3/c1-18-9-5-3-4-8-15-12-10(14)6-7-11(16-12)13(17)19-2/h6-7H,3-5,8-9,14H2,1-2H3,(H,15,16). The number of aromatic nitrogens is 1. The molecule has 0 aliphatic rings. The largest absolute Gasteiger partial charge is 0.464 e. The summed E-state index contributed by atoms with van der Waals surface area (Å²) in [5.41, 5.74) is 6.56. The normalized spacial score (nSPS) is 10.2. The van der Waals surface area contributed by atoms with Crippen LogP contribution in [0.3, 0.4) is 0 Å². The molecule has 6 heteroatoms. The minimum atomic E-state index is -0.469. The molecule has 6 nitrogen and oxygen atoms in total. The highest BCUT2D eigenvalue weighted by Crippen LogP contribution is 2.16. The molecule has 0 saturated heterocycles. The predicted octanol–water partition coefficient (Wildman–Crippen LogP) is 1.68. The van der Waals surface area contributed by atoms with Crippen LogP contribution in [0, 0.1) is 0 Å². The van der Waals surface area contributed by atoms with E-state index in [0.717, 1.165) is 32.4 Å². The van der Waals surface area contributed by atoms with E-state index in [1.165, 1.54) is 7.11 Å². The molecule has 0 atom stereocenters. The summed E-state index contributed by atoms with van der Waals surface area (Å²) in [6.45, 7) is 1.53. The van der Waals surface area contributed by atoms with E-state index in [4.69, 9.17) is 10.5 Å². The number of nitrogen functional groups attached to an aromatic ring is 1. The molecule has 1 heterocycles. The van der Waals surface area contributed by atoms with Gasteiger partial charge in [0.1, 0.15) is 5.82 Å². The van der Waals surface area contributed by atoms with Gasteiger partial charge in [-0.05, 0) is 31.4 Å². The Balaban J connectivity index is 2.46. The number of esters is 1. The minimum absolute atomic E-state index is 0.249. The summed E-state index contributed by atoms with van der Waals surface area (Å²) < 4.78 is 9.59. The number of nitrogens with two attached hydrogens (primary N) is 1. The Kier molecular flexibility index (Phi) is 6.67. The van der Waals surface area contributed by atoms with Crippen molar-refractivity contribution >= 4 is 17.5 Å². The molecular formula is C13H21N3O3. The second-order valence-corrected chi connectivity index (χ2v) is 4.11. The zero-order chi connectivity index (χ0) is 14.1. The summed E-state index contributed by atoms with van der Waals surface area (Å²) in [5.74, 6) is 0.0535. The molecule has 1 rings (SSSR count). The van der Waals surface area contributed by atoms with Gasteiger partial charge in [-0.15, -0.1) is 0 Å². The monoisotopic (exact) mass is 267 g/mol. The first-order valence-electron chi connectivity index (χ1n) is 6.26. The first kappa shape index (κ1) is 15.2. The van der Waals surface area contributed by atoms with E-state index >= 15 is 0 Å². The molecule has 0 radical (unpaired) electrons. The van der Waals surface area contributed by atoms with Gasteiger partial charge in [0.25, 0.3) is 0 Å². The first-order valence-corrected chi connectivity index (χ1v) is 6.26. The lowest BCUT2D eigenvalue weighted by molar-refractivity contribution is 0.0594. The van der Waals surface area contributed by atoms with Crippen LogP contribution in [0.1, 0.15) is 29.8 Å². The van der Waals surface area contributed by atoms with Crippen molar-refractivity contribution in [2.75, 3.05) is 38.4 Å². The van der Waals surface area contributed by atoms with Crippen molar-refractivity contribution in [2.24, 2.45) is 0 Å². The number of hydrogen-bond donors (Lipinski definition) is 2. The molecule has 1 aromatic rings. The Hall–Kier alpha value is -1.82. The average Bonchev–Trinajstić information content (AvgIpc) is 2.43. The highest BCUT2D eigenvalue weighted by Gasteiger charge is 2.09. The summed E-state index contributed by atoms with van der Waals surface area (Å²) in [6.07, 6.45) is 3.09. The second kappa shape index (κ2) is 8.31. The Morgan fingerprint density at radius 3 is 2.79 bits per heavy atom. The van der Waals surface area contributed by atoms with E-state index in [9.17, 15) is 4.79 Å². The van der Waals surface area contributed by atoms with Crippen LogP contribution in [-0.4, -0.2) is 38.3 Å². The van der Waals surface area contributed by atoms with Gasteiger partial charge >= 0.3 is 5.97 Å². The fraction of sp³-hybridized carbons (Fsp3) is 0.538. The maximum atomic E-state index is 11.4. The van der Waals surface area contributed by atoms with Crippen LogP contribution in [-0.2, 0) is 9.47 Å². The third-order valence-electron chi connectivity index (χ3n) is 2.64. The molecule has 0 amide bonds. The number of rotatable bonds is 8. The number of anilines is 2. The average molecular weight is 267 g/mol. The molecule has 19 heavy (non-hydrogen) atoms. The number of pyridine rings is 1. The third-order valence-corrected chi connectivity index (χ3v) is 2.64. The Morgan fingerprint density at radius 1 is 1.32 bits per heavy atom. The molecule has 0 aliphatic heterocycles. The van der Waals surface area contributed by atoms with E-state index in [1.807, 2.05) is 0 Å². The van der Waals surface area contributed by atoms with Crippen LogP contribution in [0.4, 0.5) is 11.5 Å². The molecule has 0 aromatic carbocycles. The SMILES string of the molecule is COCCCCCNc1nc(C(=O)OC)ccc1N. The van der Waals surface area contributed by atoms with Gasteiger partial charge in [-0.1, -0.05) is 0 Å². The van der Waals surface area contributed by atoms with Gasteiger partial charge in [-0.2, -0.15) is 0 Å². The topological polar surface area (TPSA) is 86.5 Å². The van der Waals surface area contributed by atoms with Crippen molar-refractivity contribution in [3.8, 4) is 0 Å².